The first-order valence-electron chi connectivity index (χ1n) is 44.2. The Hall–Kier alpha value is -5.14. The van der Waals surface area contributed by atoms with Gasteiger partial charge in [0, 0.05) is 44.9 Å². The van der Waals surface area contributed by atoms with E-state index in [4.69, 9.17) is 52.1 Å². The van der Waals surface area contributed by atoms with Crippen LogP contribution in [-0.2, 0) is 85.7 Å². The second-order valence-corrected chi connectivity index (χ2v) is 30.7. The monoisotopic (exact) mass is 1530 g/mol. The molecule has 2 aliphatic rings. The zero-order valence-electron chi connectivity index (χ0n) is 68.9. The van der Waals surface area contributed by atoms with Gasteiger partial charge in [-0.2, -0.15) is 0 Å². The maximum Gasteiger partial charge on any atom is 0.338 e. The summed E-state index contributed by atoms with van der Waals surface area (Å²) in [5.41, 5.74) is 0.140. The number of carbonyl (C=O) groups excluding carboxylic acids is 8. The fourth-order valence-corrected chi connectivity index (χ4v) is 14.1. The molecule has 10 atom stereocenters. The minimum atomic E-state index is -1.89. The van der Waals surface area contributed by atoms with Gasteiger partial charge in [-0.05, 0) is 57.1 Å². The summed E-state index contributed by atoms with van der Waals surface area (Å²) in [7, 11) is 0. The summed E-state index contributed by atoms with van der Waals surface area (Å²) in [4.78, 5) is 116. The highest BCUT2D eigenvalue weighted by atomic mass is 16.8. The van der Waals surface area contributed by atoms with Crippen molar-refractivity contribution in [3.63, 3.8) is 0 Å². The van der Waals surface area contributed by atoms with Gasteiger partial charge in [-0.3, -0.25) is 33.6 Å². The first-order chi connectivity index (χ1) is 52.7. The Bertz CT molecular complexity index is 2460. The zero-order valence-corrected chi connectivity index (χ0v) is 68.9. The number of unbranched alkanes of at least 4 members (excludes halogenated alkanes) is 42. The minimum Gasteiger partial charge on any atom is -0.463 e. The standard InChI is InChI=1S/C89H152O19/c1-8-15-22-29-36-43-53-62-74(90)98-69-72-81(107-87(97)71-60-51-50-52-61-71)83(102-76(92)64-55-45-38-31-24-17-10-3)86(105-79(95)67-58-48-41-34-27-20-13-6)89(101-72)108-82-73(70-99-75(91)63-54-44-37-30-23-16-9-2)100-88(106-80(96)68-59-49-42-35-28-21-14-7)85(104-78(94)66-57-47-40-33-26-19-12-5)84(82)103-77(93)65-56-46-39-32-25-18-11-4/h50-52,60-61,72-73,81-86,88-89H,8-49,53-59,62-70H2,1-7H3/t72-,73-,81-,82-,83+,84+,85-,86-,88+,89+/m1/s1. The molecule has 622 valence electrons. The van der Waals surface area contributed by atoms with Gasteiger partial charge >= 0.3 is 47.8 Å². The van der Waals surface area contributed by atoms with Gasteiger partial charge in [0.25, 0.3) is 0 Å². The molecule has 19 nitrogen and oxygen atoms in total. The van der Waals surface area contributed by atoms with Gasteiger partial charge in [-0.15, -0.1) is 0 Å². The molecule has 0 unspecified atom stereocenters. The van der Waals surface area contributed by atoms with Gasteiger partial charge in [0.1, 0.15) is 31.5 Å². The first-order valence-corrected chi connectivity index (χ1v) is 44.2. The highest BCUT2D eigenvalue weighted by Gasteiger charge is 2.59. The van der Waals surface area contributed by atoms with Crippen molar-refractivity contribution in [2.24, 2.45) is 0 Å². The van der Waals surface area contributed by atoms with Gasteiger partial charge in [0.15, 0.2) is 30.7 Å². The Balaban J connectivity index is 2.43. The molecule has 3 rings (SSSR count). The molecular formula is C89H152O19. The lowest BCUT2D eigenvalue weighted by Crippen LogP contribution is -2.67. The largest absolute Gasteiger partial charge is 0.463 e. The molecule has 2 aliphatic heterocycles. The minimum absolute atomic E-state index is 0.00498. The number of carbonyl (C=O) groups is 8. The lowest BCUT2D eigenvalue weighted by Gasteiger charge is -2.48. The molecule has 108 heavy (non-hydrogen) atoms. The fourth-order valence-electron chi connectivity index (χ4n) is 14.1. The number of rotatable bonds is 69. The molecule has 0 bridgehead atoms. The number of hydrogen-bond acceptors (Lipinski definition) is 19. The highest BCUT2D eigenvalue weighted by molar-refractivity contribution is 5.89. The SMILES string of the molecule is CCCCCCCCCC(=O)OC[C@H]1O[C@@H](O[C@H]2[C@H](OC(=O)CCCCCCCCC)[C@@H](OC(=O)CCCCCCCCC)[C@H](OC(=O)CCCCCCCCC)O[C@@H]2COC(=O)CCCCCCCCC)[C@H](OC(=O)CCCCCCCCC)[C@@H](OC(=O)CCCCCCCCC)[C@@H]1OC(=O)c1ccccc1. The third-order valence-corrected chi connectivity index (χ3v) is 20.8. The van der Waals surface area contributed by atoms with E-state index in [9.17, 15) is 38.4 Å². The second-order valence-electron chi connectivity index (χ2n) is 30.7. The van der Waals surface area contributed by atoms with Crippen molar-refractivity contribution in [2.45, 2.75) is 469 Å². The van der Waals surface area contributed by atoms with E-state index in [2.05, 4.69) is 48.5 Å². The average molecular weight is 1530 g/mol. The Morgan fingerprint density at radius 2 is 0.491 bits per heavy atom. The van der Waals surface area contributed by atoms with E-state index >= 15 is 0 Å². The molecule has 1 aromatic carbocycles. The Labute approximate surface area is 653 Å². The summed E-state index contributed by atoms with van der Waals surface area (Å²) < 4.78 is 72.4. The van der Waals surface area contributed by atoms with Crippen LogP contribution in [0.1, 0.15) is 418 Å². The van der Waals surface area contributed by atoms with E-state index in [1.165, 1.54) is 0 Å². The van der Waals surface area contributed by atoms with Crippen LogP contribution in [0.25, 0.3) is 0 Å². The molecular weight excluding hydrogens is 1370 g/mol. The molecule has 2 saturated heterocycles. The average Bonchev–Trinajstić information content (AvgIpc) is 0.766. The van der Waals surface area contributed by atoms with E-state index in [0.717, 1.165) is 270 Å². The Morgan fingerprint density at radius 1 is 0.250 bits per heavy atom. The van der Waals surface area contributed by atoms with Crippen LogP contribution in [0, 0.1) is 0 Å². The van der Waals surface area contributed by atoms with E-state index in [1.807, 2.05) is 0 Å². The third-order valence-electron chi connectivity index (χ3n) is 20.8. The molecule has 0 aromatic heterocycles. The van der Waals surface area contributed by atoms with Gasteiger partial charge in [-0.1, -0.05) is 336 Å². The molecule has 0 saturated carbocycles. The summed E-state index contributed by atoms with van der Waals surface area (Å²) in [5.74, 6) is -5.42. The highest BCUT2D eigenvalue weighted by Crippen LogP contribution is 2.38. The predicted octanol–water partition coefficient (Wildman–Crippen LogP) is 22.3. The van der Waals surface area contributed by atoms with Crippen molar-refractivity contribution in [3.05, 3.63) is 35.9 Å². The van der Waals surface area contributed by atoms with Gasteiger partial charge in [0.2, 0.25) is 12.4 Å². The smallest absolute Gasteiger partial charge is 0.338 e. The van der Waals surface area contributed by atoms with Crippen LogP contribution in [0.5, 0.6) is 0 Å². The van der Waals surface area contributed by atoms with Crippen molar-refractivity contribution < 1.29 is 90.5 Å². The molecule has 0 N–H and O–H groups in total. The molecule has 2 heterocycles. The summed E-state index contributed by atoms with van der Waals surface area (Å²) >= 11 is 0. The molecule has 0 spiro atoms. The summed E-state index contributed by atoms with van der Waals surface area (Å²) in [6.07, 6.45) is 28.2. The molecule has 0 aliphatic carbocycles. The van der Waals surface area contributed by atoms with E-state index in [0.29, 0.717) is 44.9 Å². The van der Waals surface area contributed by atoms with Crippen LogP contribution in [0.15, 0.2) is 30.3 Å². The first kappa shape index (κ1) is 97.1. The maximum atomic E-state index is 14.9. The molecule has 0 amide bonds. The number of hydrogen-bond donors (Lipinski definition) is 0. The number of benzene rings is 1. The quantitative estimate of drug-likeness (QED) is 0.0335. The predicted molar refractivity (Wildman–Crippen MR) is 424 cm³/mol. The lowest BCUT2D eigenvalue weighted by atomic mass is 9.95. The van der Waals surface area contributed by atoms with Gasteiger partial charge < -0.3 is 52.1 Å². The Morgan fingerprint density at radius 3 is 0.806 bits per heavy atom. The van der Waals surface area contributed by atoms with Gasteiger partial charge in [-0.25, -0.2) is 4.79 Å². The topological polar surface area (TPSA) is 238 Å². The fraction of sp³-hybridized carbons (Fsp3) is 0.843. The number of esters is 8. The van der Waals surface area contributed by atoms with Crippen molar-refractivity contribution >= 4 is 47.8 Å². The molecule has 19 heteroatoms. The molecule has 0 radical (unpaired) electrons. The van der Waals surface area contributed by atoms with E-state index in [1.54, 1.807) is 30.3 Å². The third kappa shape index (κ3) is 46.0. The molecule has 1 aromatic rings. The van der Waals surface area contributed by atoms with Crippen LogP contribution in [0.3, 0.4) is 0 Å². The summed E-state index contributed by atoms with van der Waals surface area (Å²) in [5, 5.41) is 0. The van der Waals surface area contributed by atoms with Crippen molar-refractivity contribution in [2.75, 3.05) is 13.2 Å². The van der Waals surface area contributed by atoms with Crippen LogP contribution in [0.4, 0.5) is 0 Å². The van der Waals surface area contributed by atoms with Crippen LogP contribution >= 0.6 is 0 Å². The van der Waals surface area contributed by atoms with Crippen molar-refractivity contribution in [1.82, 2.24) is 0 Å². The Kier molecular flexibility index (Phi) is 58.8. The van der Waals surface area contributed by atoms with Crippen LogP contribution in [0.2, 0.25) is 0 Å². The maximum absolute atomic E-state index is 14.9. The van der Waals surface area contributed by atoms with E-state index < -0.39 is 122 Å². The summed E-state index contributed by atoms with van der Waals surface area (Å²) in [6, 6.07) is 8.22. The van der Waals surface area contributed by atoms with Crippen LogP contribution < -0.4 is 0 Å². The normalized spacial score (nSPS) is 19.8. The van der Waals surface area contributed by atoms with Crippen molar-refractivity contribution in [1.29, 1.82) is 0 Å². The lowest BCUT2D eigenvalue weighted by molar-refractivity contribution is -0.357. The second kappa shape index (κ2) is 65.4. The zero-order chi connectivity index (χ0) is 78.3. The summed E-state index contributed by atoms with van der Waals surface area (Å²) in [6.45, 7) is 14.0. The van der Waals surface area contributed by atoms with E-state index in [-0.39, 0.29) is 50.5 Å². The van der Waals surface area contributed by atoms with Crippen LogP contribution in [-0.4, -0.2) is 122 Å². The van der Waals surface area contributed by atoms with Crippen molar-refractivity contribution in [3.8, 4) is 0 Å². The number of ether oxygens (including phenoxy) is 11. The van der Waals surface area contributed by atoms with Gasteiger partial charge in [0.05, 0.1) is 5.56 Å². The molecule has 2 fully saturated rings.